The van der Waals surface area contributed by atoms with E-state index in [4.69, 9.17) is 14.2 Å². The largest absolute Gasteiger partial charge is 0.507 e. The third-order valence-electron chi connectivity index (χ3n) is 6.12. The van der Waals surface area contributed by atoms with E-state index in [9.17, 15) is 14.7 Å². The standard InChI is InChI=1S/C27H27NO6S/c1-14-11-16(3)25(34-6)18(12-14)23(29)21-22(26-15(2)9-10-35-26)28(27(31)24(21)30)17-7-8-19(32-4)20(13-17)33-5/h7-13,22,29H,1-6H3/b23-21+. The topological polar surface area (TPSA) is 85.3 Å². The van der Waals surface area contributed by atoms with Crippen LogP contribution in [0.15, 0.2) is 47.4 Å². The van der Waals surface area contributed by atoms with Gasteiger partial charge in [-0.15, -0.1) is 11.3 Å². The SMILES string of the molecule is COc1ccc(N2C(=O)C(=O)/C(=C(/O)c3cc(C)cc(C)c3OC)C2c2sccc2C)cc1OC. The fourth-order valence-electron chi connectivity index (χ4n) is 4.53. The van der Waals surface area contributed by atoms with E-state index in [0.29, 0.717) is 28.5 Å². The zero-order valence-corrected chi connectivity index (χ0v) is 21.3. The van der Waals surface area contributed by atoms with Crippen LogP contribution >= 0.6 is 11.3 Å². The maximum Gasteiger partial charge on any atom is 0.300 e. The molecule has 1 N–H and O–H groups in total. The van der Waals surface area contributed by atoms with Crippen molar-refractivity contribution < 1.29 is 28.9 Å². The molecule has 7 nitrogen and oxygen atoms in total. The summed E-state index contributed by atoms with van der Waals surface area (Å²) in [6.07, 6.45) is 0. The highest BCUT2D eigenvalue weighted by Gasteiger charge is 2.48. The van der Waals surface area contributed by atoms with Crippen molar-refractivity contribution in [2.75, 3.05) is 26.2 Å². The molecule has 1 aromatic heterocycles. The van der Waals surface area contributed by atoms with E-state index < -0.39 is 17.7 Å². The van der Waals surface area contributed by atoms with E-state index in [1.54, 1.807) is 24.3 Å². The van der Waals surface area contributed by atoms with Crippen molar-refractivity contribution in [2.45, 2.75) is 26.8 Å². The van der Waals surface area contributed by atoms with E-state index in [1.807, 2.05) is 38.3 Å². The molecule has 0 bridgehead atoms. The second-order valence-electron chi connectivity index (χ2n) is 8.34. The van der Waals surface area contributed by atoms with Crippen molar-refractivity contribution >= 4 is 34.5 Å². The van der Waals surface area contributed by atoms with E-state index in [1.165, 1.54) is 37.6 Å². The van der Waals surface area contributed by atoms with Crippen LogP contribution in [-0.2, 0) is 9.59 Å². The number of hydrogen-bond donors (Lipinski definition) is 1. The molecule has 2 heterocycles. The van der Waals surface area contributed by atoms with E-state index >= 15 is 0 Å². The van der Waals surface area contributed by atoms with E-state index in [2.05, 4.69) is 0 Å². The number of hydrogen-bond acceptors (Lipinski definition) is 7. The van der Waals surface area contributed by atoms with Crippen molar-refractivity contribution in [2.24, 2.45) is 0 Å². The first-order valence-corrected chi connectivity index (χ1v) is 11.8. The maximum absolute atomic E-state index is 13.5. The average molecular weight is 494 g/mol. The van der Waals surface area contributed by atoms with Crippen LogP contribution in [0.2, 0.25) is 0 Å². The maximum atomic E-state index is 13.5. The summed E-state index contributed by atoms with van der Waals surface area (Å²) in [5.41, 5.74) is 3.45. The Hall–Kier alpha value is -3.78. The lowest BCUT2D eigenvalue weighted by molar-refractivity contribution is -0.132. The minimum atomic E-state index is -0.821. The van der Waals surface area contributed by atoms with Crippen molar-refractivity contribution in [3.8, 4) is 17.2 Å². The zero-order chi connectivity index (χ0) is 25.4. The van der Waals surface area contributed by atoms with Gasteiger partial charge < -0.3 is 19.3 Å². The molecule has 1 aliphatic heterocycles. The number of ether oxygens (including phenoxy) is 3. The molecule has 35 heavy (non-hydrogen) atoms. The molecule has 1 atom stereocenters. The summed E-state index contributed by atoms with van der Waals surface area (Å²) in [6.45, 7) is 5.68. The number of amides is 1. The molecule has 0 spiro atoms. The van der Waals surface area contributed by atoms with Crippen LogP contribution in [0.4, 0.5) is 5.69 Å². The number of aliphatic hydroxyl groups excluding tert-OH is 1. The summed E-state index contributed by atoms with van der Waals surface area (Å²) in [6, 6.07) is 9.81. The second-order valence-corrected chi connectivity index (χ2v) is 9.29. The number of methoxy groups -OCH3 is 3. The molecule has 1 aliphatic rings. The number of aliphatic hydroxyl groups is 1. The molecule has 182 valence electrons. The fraction of sp³-hybridized carbons (Fsp3) is 0.259. The monoisotopic (exact) mass is 493 g/mol. The first-order chi connectivity index (χ1) is 16.7. The van der Waals surface area contributed by atoms with Gasteiger partial charge in [-0.25, -0.2) is 0 Å². The third kappa shape index (κ3) is 4.04. The molecule has 4 rings (SSSR count). The van der Waals surface area contributed by atoms with Gasteiger partial charge in [0.25, 0.3) is 11.7 Å². The normalized spacial score (nSPS) is 17.1. The average Bonchev–Trinajstić information content (AvgIpc) is 3.37. The molecular formula is C27H27NO6S. The van der Waals surface area contributed by atoms with Crippen molar-refractivity contribution in [1.82, 2.24) is 0 Å². The van der Waals surface area contributed by atoms with Crippen LogP contribution in [0.3, 0.4) is 0 Å². The van der Waals surface area contributed by atoms with Gasteiger partial charge in [0.05, 0.1) is 32.5 Å². The quantitative estimate of drug-likeness (QED) is 0.284. The Labute approximate surface area is 208 Å². The summed E-state index contributed by atoms with van der Waals surface area (Å²) in [5, 5.41) is 13.4. The second kappa shape index (κ2) is 9.46. The number of carbonyl (C=O) groups is 2. The molecule has 0 aliphatic carbocycles. The van der Waals surface area contributed by atoms with E-state index in [-0.39, 0.29) is 11.3 Å². The van der Waals surface area contributed by atoms with Crippen LogP contribution in [0.5, 0.6) is 17.2 Å². The number of benzene rings is 2. The van der Waals surface area contributed by atoms with Crippen molar-refractivity contribution in [1.29, 1.82) is 0 Å². The van der Waals surface area contributed by atoms with Crippen LogP contribution in [0, 0.1) is 20.8 Å². The van der Waals surface area contributed by atoms with Crippen molar-refractivity contribution in [3.05, 3.63) is 74.5 Å². The molecule has 0 saturated carbocycles. The lowest BCUT2D eigenvalue weighted by Crippen LogP contribution is -2.29. The molecule has 2 aromatic carbocycles. The van der Waals surface area contributed by atoms with Gasteiger partial charge >= 0.3 is 0 Å². The van der Waals surface area contributed by atoms with Gasteiger partial charge in [-0.3, -0.25) is 14.5 Å². The highest BCUT2D eigenvalue weighted by atomic mass is 32.1. The van der Waals surface area contributed by atoms with Gasteiger partial charge in [0.2, 0.25) is 0 Å². The van der Waals surface area contributed by atoms with E-state index in [0.717, 1.165) is 21.6 Å². The van der Waals surface area contributed by atoms with Gasteiger partial charge in [0, 0.05) is 16.6 Å². The van der Waals surface area contributed by atoms with Gasteiger partial charge in [0.1, 0.15) is 17.6 Å². The molecule has 1 amide bonds. The van der Waals surface area contributed by atoms with Crippen LogP contribution in [0.1, 0.15) is 33.2 Å². The van der Waals surface area contributed by atoms with Crippen molar-refractivity contribution in [3.63, 3.8) is 0 Å². The Balaban J connectivity index is 2.00. The summed E-state index contributed by atoms with van der Waals surface area (Å²) in [5.74, 6) is -0.405. The van der Waals surface area contributed by atoms with Gasteiger partial charge in [-0.1, -0.05) is 6.07 Å². The highest BCUT2D eigenvalue weighted by molar-refractivity contribution is 7.10. The molecule has 8 heteroatoms. The van der Waals surface area contributed by atoms with Gasteiger partial charge in [0.15, 0.2) is 11.5 Å². The first-order valence-electron chi connectivity index (χ1n) is 11.0. The van der Waals surface area contributed by atoms with Gasteiger partial charge in [-0.05, 0) is 67.1 Å². The summed E-state index contributed by atoms with van der Waals surface area (Å²) in [7, 11) is 4.54. The number of rotatable bonds is 6. The molecule has 1 unspecified atom stereocenters. The minimum absolute atomic E-state index is 0.0126. The Bertz CT molecular complexity index is 1360. The van der Waals surface area contributed by atoms with Crippen LogP contribution < -0.4 is 19.1 Å². The van der Waals surface area contributed by atoms with Gasteiger partial charge in [-0.2, -0.15) is 0 Å². The third-order valence-corrected chi connectivity index (χ3v) is 7.19. The smallest absolute Gasteiger partial charge is 0.300 e. The Morgan fingerprint density at radius 3 is 2.23 bits per heavy atom. The summed E-state index contributed by atoms with van der Waals surface area (Å²) >= 11 is 1.42. The number of ketones is 1. The molecular weight excluding hydrogens is 466 g/mol. The molecule has 0 radical (unpaired) electrons. The molecule has 1 fully saturated rings. The lowest BCUT2D eigenvalue weighted by atomic mass is 9.95. The summed E-state index contributed by atoms with van der Waals surface area (Å²) < 4.78 is 16.3. The first kappa shape index (κ1) is 24.3. The molecule has 1 saturated heterocycles. The minimum Gasteiger partial charge on any atom is -0.507 e. The Morgan fingerprint density at radius 1 is 0.914 bits per heavy atom. The molecule has 3 aromatic rings. The highest BCUT2D eigenvalue weighted by Crippen LogP contribution is 2.47. The number of nitrogens with zero attached hydrogens (tertiary/aromatic N) is 1. The summed E-state index contributed by atoms with van der Waals surface area (Å²) in [4.78, 5) is 29.1. The fourth-order valence-corrected chi connectivity index (χ4v) is 5.56. The predicted octanol–water partition coefficient (Wildman–Crippen LogP) is 5.33. The lowest BCUT2D eigenvalue weighted by Gasteiger charge is -2.26. The number of anilines is 1. The number of Topliss-reactive ketones (excluding diaryl/α,β-unsaturated/α-hetero) is 1. The number of aryl methyl sites for hydroxylation is 3. The van der Waals surface area contributed by atoms with Crippen LogP contribution in [-0.4, -0.2) is 38.1 Å². The zero-order valence-electron chi connectivity index (χ0n) is 20.5. The predicted molar refractivity (Wildman–Crippen MR) is 136 cm³/mol. The Kier molecular flexibility index (Phi) is 6.58. The van der Waals surface area contributed by atoms with Crippen LogP contribution in [0.25, 0.3) is 5.76 Å². The number of thiophene rings is 1. The Morgan fingerprint density at radius 2 is 1.63 bits per heavy atom. The number of carbonyl (C=O) groups excluding carboxylic acids is 2.